The number of carbonyl (C=O) groups is 2. The molecule has 31 heavy (non-hydrogen) atoms. The van der Waals surface area contributed by atoms with Crippen LogP contribution in [0.25, 0.3) is 6.08 Å². The summed E-state index contributed by atoms with van der Waals surface area (Å²) < 4.78 is 54.9. The van der Waals surface area contributed by atoms with Crippen LogP contribution >= 0.6 is 11.6 Å². The van der Waals surface area contributed by atoms with Crippen molar-refractivity contribution in [1.29, 1.82) is 0 Å². The van der Waals surface area contributed by atoms with E-state index in [0.717, 1.165) is 6.08 Å². The number of esters is 2. The summed E-state index contributed by atoms with van der Waals surface area (Å²) in [6.07, 6.45) is -6.86. The van der Waals surface area contributed by atoms with E-state index in [9.17, 15) is 32.9 Å². The molecule has 0 radical (unpaired) electrons. The molecule has 1 aromatic rings. The number of aryl methyl sites for hydroxylation is 1. The van der Waals surface area contributed by atoms with Gasteiger partial charge in [-0.3, -0.25) is 4.79 Å². The van der Waals surface area contributed by atoms with Crippen LogP contribution in [0.5, 0.6) is 5.75 Å². The number of carbonyl (C=O) groups excluding carboxylic acids is 2. The summed E-state index contributed by atoms with van der Waals surface area (Å²) in [6.45, 7) is 1.66. The molecule has 0 aliphatic carbocycles. The molecule has 0 saturated carbocycles. The number of halogens is 4. The van der Waals surface area contributed by atoms with Gasteiger partial charge in [-0.15, -0.1) is 10.1 Å². The molecule has 0 bridgehead atoms. The average molecular weight is 468 g/mol. The second kappa shape index (κ2) is 9.86. The molecule has 1 aliphatic rings. The van der Waals surface area contributed by atoms with Crippen LogP contribution in [0, 0.1) is 24.0 Å². The van der Waals surface area contributed by atoms with Crippen LogP contribution < -0.4 is 4.74 Å². The lowest BCUT2D eigenvalue weighted by Gasteiger charge is -2.29. The van der Waals surface area contributed by atoms with Gasteiger partial charge >= 0.3 is 18.1 Å². The minimum absolute atomic E-state index is 0.0656. The highest BCUT2D eigenvalue weighted by molar-refractivity contribution is 6.32. The Morgan fingerprint density at radius 1 is 1.23 bits per heavy atom. The Morgan fingerprint density at radius 2 is 1.87 bits per heavy atom. The van der Waals surface area contributed by atoms with Crippen LogP contribution in [0.15, 0.2) is 11.6 Å². The third-order valence-electron chi connectivity index (χ3n) is 4.14. The number of rotatable bonds is 8. The summed E-state index contributed by atoms with van der Waals surface area (Å²) in [5.74, 6) is -2.25. The molecule has 0 N–H and O–H groups in total. The van der Waals surface area contributed by atoms with Crippen molar-refractivity contribution >= 4 is 29.6 Å². The molecular formula is C18H17ClF3NO8. The topological polar surface area (TPSA) is 114 Å². The van der Waals surface area contributed by atoms with Gasteiger partial charge in [-0.05, 0) is 37.1 Å². The summed E-state index contributed by atoms with van der Waals surface area (Å²) >= 11 is 6.14. The lowest BCUT2D eigenvalue weighted by atomic mass is 9.96. The summed E-state index contributed by atoms with van der Waals surface area (Å²) in [7, 11) is 0. The van der Waals surface area contributed by atoms with Gasteiger partial charge in [-0.1, -0.05) is 11.6 Å². The third-order valence-corrected chi connectivity index (χ3v) is 4.72. The van der Waals surface area contributed by atoms with Crippen LogP contribution in [0.1, 0.15) is 23.1 Å². The van der Waals surface area contributed by atoms with Crippen molar-refractivity contribution in [3.63, 3.8) is 0 Å². The Kier molecular flexibility index (Phi) is 7.71. The molecular weight excluding hydrogens is 451 g/mol. The number of alkyl halides is 3. The maximum absolute atomic E-state index is 13.5. The Balaban J connectivity index is 2.06. The Bertz CT molecular complexity index is 916. The predicted molar refractivity (Wildman–Crippen MR) is 98.9 cm³/mol. The monoisotopic (exact) mass is 467 g/mol. The van der Waals surface area contributed by atoms with E-state index in [1.807, 2.05) is 0 Å². The number of ether oxygens (including phenoxy) is 3. The zero-order valence-electron chi connectivity index (χ0n) is 16.3. The van der Waals surface area contributed by atoms with E-state index in [4.69, 9.17) is 21.1 Å². The largest absolute Gasteiger partial charge is 0.475 e. The molecule has 0 unspecified atom stereocenters. The zero-order valence-corrected chi connectivity index (χ0v) is 17.0. The lowest BCUT2D eigenvalue weighted by Crippen LogP contribution is -2.41. The molecule has 170 valence electrons. The first-order chi connectivity index (χ1) is 14.4. The van der Waals surface area contributed by atoms with Gasteiger partial charge < -0.3 is 19.0 Å². The molecule has 2 rings (SSSR count). The zero-order chi connectivity index (χ0) is 23.3. The highest BCUT2D eigenvalue weighted by atomic mass is 35.5. The molecule has 0 saturated heterocycles. The summed E-state index contributed by atoms with van der Waals surface area (Å²) in [6, 6.07) is 1.35. The van der Waals surface area contributed by atoms with Crippen molar-refractivity contribution in [1.82, 2.24) is 0 Å². The number of nitrogens with zero attached hydrogens (tertiary/aromatic N) is 1. The van der Waals surface area contributed by atoms with Crippen molar-refractivity contribution in [3.05, 3.63) is 43.5 Å². The van der Waals surface area contributed by atoms with Crippen LogP contribution in [-0.2, 0) is 23.9 Å². The van der Waals surface area contributed by atoms with Crippen molar-refractivity contribution < 1.29 is 46.9 Å². The molecule has 1 aliphatic heterocycles. The molecule has 1 heterocycles. The SMILES string of the molecule is Cc1cc2c(c(C)c1Cl)C=C(C(=O)OCCOC(=O)CCO[N+](=O)[O-])[C@@H](C(F)(F)F)O2. The van der Waals surface area contributed by atoms with Gasteiger partial charge in [0, 0.05) is 10.6 Å². The van der Waals surface area contributed by atoms with Gasteiger partial charge in [0.15, 0.2) is 0 Å². The Hall–Kier alpha value is -3.02. The third kappa shape index (κ3) is 6.23. The second-order valence-corrected chi connectivity index (χ2v) is 6.72. The first-order valence-electron chi connectivity index (χ1n) is 8.76. The normalized spacial score (nSPS) is 15.3. The van der Waals surface area contributed by atoms with E-state index < -0.39 is 61.1 Å². The molecule has 1 atom stereocenters. The second-order valence-electron chi connectivity index (χ2n) is 6.35. The fraction of sp³-hybridized carbons (Fsp3) is 0.444. The highest BCUT2D eigenvalue weighted by Crippen LogP contribution is 2.41. The van der Waals surface area contributed by atoms with Crippen molar-refractivity contribution in [2.24, 2.45) is 0 Å². The predicted octanol–water partition coefficient (Wildman–Crippen LogP) is 3.35. The number of hydrogen-bond acceptors (Lipinski definition) is 8. The van der Waals surface area contributed by atoms with Crippen LogP contribution in [0.2, 0.25) is 5.02 Å². The van der Waals surface area contributed by atoms with Crippen LogP contribution in [0.4, 0.5) is 13.2 Å². The van der Waals surface area contributed by atoms with Crippen molar-refractivity contribution in [2.75, 3.05) is 19.8 Å². The number of hydrogen-bond donors (Lipinski definition) is 0. The van der Waals surface area contributed by atoms with E-state index in [1.165, 1.54) is 6.07 Å². The number of fused-ring (bicyclic) bond motifs is 1. The maximum atomic E-state index is 13.5. The van der Waals surface area contributed by atoms with Gasteiger partial charge in [-0.2, -0.15) is 13.2 Å². The smallest absolute Gasteiger partial charge is 0.430 e. The quantitative estimate of drug-likeness (QED) is 0.247. The molecule has 0 fully saturated rings. The molecule has 9 nitrogen and oxygen atoms in total. The van der Waals surface area contributed by atoms with Gasteiger partial charge in [0.2, 0.25) is 6.10 Å². The van der Waals surface area contributed by atoms with Gasteiger partial charge in [0.25, 0.3) is 5.09 Å². The Morgan fingerprint density at radius 3 is 2.48 bits per heavy atom. The van der Waals surface area contributed by atoms with E-state index >= 15 is 0 Å². The maximum Gasteiger partial charge on any atom is 0.430 e. The van der Waals surface area contributed by atoms with Crippen LogP contribution in [-0.4, -0.2) is 49.1 Å². The van der Waals surface area contributed by atoms with Gasteiger partial charge in [0.05, 0.1) is 12.0 Å². The van der Waals surface area contributed by atoms with E-state index in [1.54, 1.807) is 13.8 Å². The molecule has 0 spiro atoms. The van der Waals surface area contributed by atoms with Crippen molar-refractivity contribution in [2.45, 2.75) is 32.5 Å². The van der Waals surface area contributed by atoms with E-state index in [0.29, 0.717) is 16.1 Å². The molecule has 1 aromatic carbocycles. The highest BCUT2D eigenvalue weighted by Gasteiger charge is 2.49. The summed E-state index contributed by atoms with van der Waals surface area (Å²) in [5, 5.41) is 9.21. The molecule has 13 heteroatoms. The van der Waals surface area contributed by atoms with Gasteiger partial charge in [-0.25, -0.2) is 4.79 Å². The minimum Gasteiger partial charge on any atom is -0.475 e. The lowest BCUT2D eigenvalue weighted by molar-refractivity contribution is -0.757. The molecule has 0 aromatic heterocycles. The fourth-order valence-electron chi connectivity index (χ4n) is 2.69. The summed E-state index contributed by atoms with van der Waals surface area (Å²) in [4.78, 5) is 37.5. The fourth-order valence-corrected chi connectivity index (χ4v) is 2.85. The van der Waals surface area contributed by atoms with Crippen molar-refractivity contribution in [3.8, 4) is 5.75 Å². The van der Waals surface area contributed by atoms with E-state index in [2.05, 4.69) is 9.57 Å². The standard InChI is InChI=1S/C18H17ClF3NO8/c1-9-7-13-11(10(2)15(9)19)8-12(16(31-13)18(20,21)22)17(25)29-6-5-28-14(24)3-4-30-23(26)27/h7-8,16H,3-6H2,1-2H3/t16-/m0/s1. The number of benzene rings is 1. The minimum atomic E-state index is -4.90. The first-order valence-corrected chi connectivity index (χ1v) is 9.14. The summed E-state index contributed by atoms with van der Waals surface area (Å²) in [5.41, 5.74) is 0.395. The van der Waals surface area contributed by atoms with Crippen LogP contribution in [0.3, 0.4) is 0 Å². The molecule has 0 amide bonds. The van der Waals surface area contributed by atoms with Gasteiger partial charge in [0.1, 0.15) is 25.6 Å². The first kappa shape index (κ1) is 24.3. The Labute approximate surface area is 178 Å². The average Bonchev–Trinajstić information content (AvgIpc) is 2.67. The van der Waals surface area contributed by atoms with E-state index in [-0.39, 0.29) is 11.3 Å².